The van der Waals surface area contributed by atoms with E-state index in [2.05, 4.69) is 15.0 Å². The summed E-state index contributed by atoms with van der Waals surface area (Å²) in [5, 5.41) is 0.114. The van der Waals surface area contributed by atoms with Crippen molar-refractivity contribution in [2.24, 2.45) is 0 Å². The fourth-order valence-corrected chi connectivity index (χ4v) is 5.43. The van der Waals surface area contributed by atoms with Gasteiger partial charge in [0.15, 0.2) is 11.5 Å². The number of aromatic nitrogens is 3. The third-order valence-electron chi connectivity index (χ3n) is 5.39. The summed E-state index contributed by atoms with van der Waals surface area (Å²) >= 11 is 0. The Morgan fingerprint density at radius 3 is 2.77 bits per heavy atom. The summed E-state index contributed by atoms with van der Waals surface area (Å²) in [7, 11) is -3.83. The number of para-hydroxylation sites is 2. The molecular formula is C20H18N4O5S. The van der Waals surface area contributed by atoms with Crippen molar-refractivity contribution in [2.45, 2.75) is 23.7 Å². The molecule has 1 atom stereocenters. The molecule has 2 aromatic carbocycles. The molecule has 3 heterocycles. The van der Waals surface area contributed by atoms with Crippen LogP contribution in [0.3, 0.4) is 0 Å². The van der Waals surface area contributed by atoms with E-state index < -0.39 is 21.3 Å². The Balaban J connectivity index is 1.48. The normalized spacial score (nSPS) is 18.2. The number of benzene rings is 2. The van der Waals surface area contributed by atoms with Gasteiger partial charge in [0.1, 0.15) is 5.52 Å². The molecule has 0 amide bonds. The molecule has 2 N–H and O–H groups in total. The standard InChI is InChI=1S/C20H18N4O5S/c25-18-14-10-13(7-8-15(14)22-20(26)23-18)30(27,28)24-9-3-4-12(11-24)19-21-16-5-1-2-6-17(16)29-19/h1-2,5-8,10,12H,3-4,9,11H2,(H2,22,23,25,26). The highest BCUT2D eigenvalue weighted by atomic mass is 32.2. The maximum atomic E-state index is 13.2. The number of rotatable bonds is 3. The fraction of sp³-hybridized carbons (Fsp3) is 0.250. The fourth-order valence-electron chi connectivity index (χ4n) is 3.88. The molecule has 0 radical (unpaired) electrons. The molecule has 1 aliphatic rings. The van der Waals surface area contributed by atoms with E-state index in [9.17, 15) is 18.0 Å². The first-order valence-corrected chi connectivity index (χ1v) is 11.0. The summed E-state index contributed by atoms with van der Waals surface area (Å²) in [4.78, 5) is 32.6. The second kappa shape index (κ2) is 6.92. The van der Waals surface area contributed by atoms with Gasteiger partial charge in [-0.15, -0.1) is 0 Å². The minimum atomic E-state index is -3.83. The largest absolute Gasteiger partial charge is 0.440 e. The Kier molecular flexibility index (Phi) is 4.33. The first-order valence-electron chi connectivity index (χ1n) is 9.54. The van der Waals surface area contributed by atoms with Gasteiger partial charge in [-0.25, -0.2) is 18.2 Å². The molecule has 1 saturated heterocycles. The zero-order chi connectivity index (χ0) is 20.9. The van der Waals surface area contributed by atoms with Gasteiger partial charge in [-0.05, 0) is 43.2 Å². The summed E-state index contributed by atoms with van der Waals surface area (Å²) in [5.74, 6) is 0.379. The molecule has 1 aliphatic heterocycles. The maximum Gasteiger partial charge on any atom is 0.326 e. The van der Waals surface area contributed by atoms with Crippen molar-refractivity contribution >= 4 is 32.0 Å². The van der Waals surface area contributed by atoms with Crippen LogP contribution in [0.1, 0.15) is 24.7 Å². The van der Waals surface area contributed by atoms with E-state index in [-0.39, 0.29) is 28.3 Å². The van der Waals surface area contributed by atoms with Gasteiger partial charge >= 0.3 is 5.69 Å². The van der Waals surface area contributed by atoms with Gasteiger partial charge < -0.3 is 9.40 Å². The summed E-state index contributed by atoms with van der Waals surface area (Å²) < 4.78 is 33.7. The van der Waals surface area contributed by atoms with Crippen molar-refractivity contribution in [3.05, 3.63) is 69.2 Å². The van der Waals surface area contributed by atoms with Gasteiger partial charge in [0.2, 0.25) is 10.0 Å². The highest BCUT2D eigenvalue weighted by Crippen LogP contribution is 2.32. The van der Waals surface area contributed by atoms with Crippen LogP contribution < -0.4 is 11.2 Å². The van der Waals surface area contributed by atoms with Crippen LogP contribution in [0, 0.1) is 0 Å². The van der Waals surface area contributed by atoms with E-state index in [0.29, 0.717) is 24.4 Å². The number of oxazole rings is 1. The topological polar surface area (TPSA) is 129 Å². The van der Waals surface area contributed by atoms with Gasteiger partial charge in [-0.3, -0.25) is 9.78 Å². The Labute approximate surface area is 170 Å². The van der Waals surface area contributed by atoms with Crippen LogP contribution in [-0.4, -0.2) is 40.8 Å². The number of sulfonamides is 1. The molecule has 9 nitrogen and oxygen atoms in total. The minimum absolute atomic E-state index is 0.00534. The van der Waals surface area contributed by atoms with Crippen LogP contribution in [0.25, 0.3) is 22.0 Å². The first-order chi connectivity index (χ1) is 14.4. The number of nitrogens with zero attached hydrogens (tertiary/aromatic N) is 2. The number of aromatic amines is 2. The summed E-state index contributed by atoms with van der Waals surface area (Å²) in [6.07, 6.45) is 1.45. The number of H-pyrrole nitrogens is 2. The third-order valence-corrected chi connectivity index (χ3v) is 7.25. The highest BCUT2D eigenvalue weighted by molar-refractivity contribution is 7.89. The SMILES string of the molecule is O=c1[nH]c(=O)c2cc(S(=O)(=O)N3CCCC(c4nc5ccccc5o4)C3)ccc2[nH]1. The van der Waals surface area contributed by atoms with Crippen molar-refractivity contribution in [3.63, 3.8) is 0 Å². The number of fused-ring (bicyclic) bond motifs is 2. The maximum absolute atomic E-state index is 13.2. The summed E-state index contributed by atoms with van der Waals surface area (Å²) in [5.41, 5.74) is 0.435. The Morgan fingerprint density at radius 2 is 1.93 bits per heavy atom. The van der Waals surface area contributed by atoms with Crippen LogP contribution in [0.15, 0.2) is 61.4 Å². The Bertz CT molecular complexity index is 1450. The lowest BCUT2D eigenvalue weighted by Gasteiger charge is -2.30. The number of hydrogen-bond donors (Lipinski definition) is 2. The first kappa shape index (κ1) is 18.8. The third kappa shape index (κ3) is 3.14. The monoisotopic (exact) mass is 426 g/mol. The van der Waals surface area contributed by atoms with Crippen molar-refractivity contribution in [3.8, 4) is 0 Å². The predicted octanol–water partition coefficient (Wildman–Crippen LogP) is 1.93. The molecule has 5 rings (SSSR count). The molecule has 1 unspecified atom stereocenters. The Morgan fingerprint density at radius 1 is 1.10 bits per heavy atom. The molecule has 0 spiro atoms. The van der Waals surface area contributed by atoms with E-state index in [4.69, 9.17) is 4.42 Å². The molecular weight excluding hydrogens is 408 g/mol. The lowest BCUT2D eigenvalue weighted by Crippen LogP contribution is -2.39. The second-order valence-electron chi connectivity index (χ2n) is 7.34. The van der Waals surface area contributed by atoms with Crippen molar-refractivity contribution < 1.29 is 12.8 Å². The number of piperidine rings is 1. The van der Waals surface area contributed by atoms with Crippen LogP contribution in [-0.2, 0) is 10.0 Å². The van der Waals surface area contributed by atoms with Crippen LogP contribution in [0.4, 0.5) is 0 Å². The zero-order valence-corrected chi connectivity index (χ0v) is 16.6. The van der Waals surface area contributed by atoms with Crippen LogP contribution >= 0.6 is 0 Å². The minimum Gasteiger partial charge on any atom is -0.440 e. The number of nitrogens with one attached hydrogen (secondary N) is 2. The molecule has 10 heteroatoms. The molecule has 0 saturated carbocycles. The van der Waals surface area contributed by atoms with Crippen molar-refractivity contribution in [1.29, 1.82) is 0 Å². The van der Waals surface area contributed by atoms with Gasteiger partial charge in [-0.2, -0.15) is 4.31 Å². The van der Waals surface area contributed by atoms with Gasteiger partial charge in [0.05, 0.1) is 15.8 Å². The molecule has 30 heavy (non-hydrogen) atoms. The molecule has 154 valence electrons. The van der Waals surface area contributed by atoms with Gasteiger partial charge in [-0.1, -0.05) is 12.1 Å². The van der Waals surface area contributed by atoms with E-state index in [1.54, 1.807) is 0 Å². The zero-order valence-electron chi connectivity index (χ0n) is 15.8. The summed E-state index contributed by atoms with van der Waals surface area (Å²) in [6.45, 7) is 0.619. The van der Waals surface area contributed by atoms with Gasteiger partial charge in [0, 0.05) is 19.0 Å². The lowest BCUT2D eigenvalue weighted by atomic mass is 10.00. The predicted molar refractivity (Wildman–Crippen MR) is 110 cm³/mol. The average molecular weight is 426 g/mol. The van der Waals surface area contributed by atoms with E-state index in [1.807, 2.05) is 24.3 Å². The summed E-state index contributed by atoms with van der Waals surface area (Å²) in [6, 6.07) is 11.6. The number of hydrogen-bond acceptors (Lipinski definition) is 6. The lowest BCUT2D eigenvalue weighted by molar-refractivity contribution is 0.288. The van der Waals surface area contributed by atoms with Crippen molar-refractivity contribution in [1.82, 2.24) is 19.3 Å². The second-order valence-corrected chi connectivity index (χ2v) is 9.28. The molecule has 4 aromatic rings. The van der Waals surface area contributed by atoms with Crippen molar-refractivity contribution in [2.75, 3.05) is 13.1 Å². The van der Waals surface area contributed by atoms with Crippen LogP contribution in [0.5, 0.6) is 0 Å². The van der Waals surface area contributed by atoms with E-state index >= 15 is 0 Å². The molecule has 1 fully saturated rings. The van der Waals surface area contributed by atoms with Gasteiger partial charge in [0.25, 0.3) is 5.56 Å². The Hall–Kier alpha value is -3.24. The molecule has 0 bridgehead atoms. The van der Waals surface area contributed by atoms with E-state index in [0.717, 1.165) is 11.9 Å². The van der Waals surface area contributed by atoms with E-state index in [1.165, 1.54) is 22.5 Å². The smallest absolute Gasteiger partial charge is 0.326 e. The van der Waals surface area contributed by atoms with Crippen LogP contribution in [0.2, 0.25) is 0 Å². The quantitative estimate of drug-likeness (QED) is 0.515. The average Bonchev–Trinajstić information content (AvgIpc) is 3.18. The molecule has 2 aromatic heterocycles. The molecule has 0 aliphatic carbocycles. The highest BCUT2D eigenvalue weighted by Gasteiger charge is 2.33.